The molecule has 2 aliphatic heterocycles. The molecule has 0 amide bonds. The van der Waals surface area contributed by atoms with Crippen molar-refractivity contribution >= 4 is 0 Å². The maximum atomic E-state index is 8.91. The van der Waals surface area contributed by atoms with Crippen LogP contribution in [-0.2, 0) is 0 Å². The minimum Gasteiger partial charge on any atom is -0.396 e. The van der Waals surface area contributed by atoms with E-state index in [4.69, 9.17) is 5.11 Å². The molecule has 2 heterocycles. The van der Waals surface area contributed by atoms with E-state index in [0.29, 0.717) is 6.61 Å². The van der Waals surface area contributed by atoms with Gasteiger partial charge in [-0.2, -0.15) is 0 Å². The summed E-state index contributed by atoms with van der Waals surface area (Å²) in [5, 5.41) is 8.91. The standard InChI is InChI=1S/C16H33N3O/c1-17-9-3-5-15(17)6-11-19-12-7-16(8-13-19)18(2)10-4-14-20/h15-16,20H,3-14H2,1-2H3. The van der Waals surface area contributed by atoms with Crippen molar-refractivity contribution in [1.82, 2.24) is 14.7 Å². The summed E-state index contributed by atoms with van der Waals surface area (Å²) in [6, 6.07) is 1.56. The van der Waals surface area contributed by atoms with Gasteiger partial charge in [-0.3, -0.25) is 0 Å². The first kappa shape index (κ1) is 16.2. The van der Waals surface area contributed by atoms with E-state index in [9.17, 15) is 0 Å². The quantitative estimate of drug-likeness (QED) is 0.762. The normalized spacial score (nSPS) is 26.7. The van der Waals surface area contributed by atoms with Crippen LogP contribution in [0.2, 0.25) is 0 Å². The molecule has 4 heteroatoms. The van der Waals surface area contributed by atoms with Crippen molar-refractivity contribution in [3.05, 3.63) is 0 Å². The predicted octanol–water partition coefficient (Wildman–Crippen LogP) is 1.25. The molecule has 20 heavy (non-hydrogen) atoms. The number of aliphatic hydroxyl groups is 1. The van der Waals surface area contributed by atoms with E-state index in [1.807, 2.05) is 0 Å². The fourth-order valence-electron chi connectivity index (χ4n) is 3.76. The van der Waals surface area contributed by atoms with Crippen LogP contribution >= 0.6 is 0 Å². The Hall–Kier alpha value is -0.160. The monoisotopic (exact) mass is 283 g/mol. The van der Waals surface area contributed by atoms with Gasteiger partial charge in [0.25, 0.3) is 0 Å². The molecule has 0 radical (unpaired) electrons. The molecule has 1 N–H and O–H groups in total. The van der Waals surface area contributed by atoms with Crippen LogP contribution in [0.15, 0.2) is 0 Å². The van der Waals surface area contributed by atoms with Gasteiger partial charge in [-0.05, 0) is 78.8 Å². The van der Waals surface area contributed by atoms with Crippen molar-refractivity contribution in [3.63, 3.8) is 0 Å². The number of aliphatic hydroxyl groups excluding tert-OH is 1. The lowest BCUT2D eigenvalue weighted by atomic mass is 10.0. The highest BCUT2D eigenvalue weighted by Gasteiger charge is 2.24. The summed E-state index contributed by atoms with van der Waals surface area (Å²) in [6.07, 6.45) is 7.63. The molecule has 0 bridgehead atoms. The molecule has 0 aliphatic carbocycles. The Bertz CT molecular complexity index is 266. The fraction of sp³-hybridized carbons (Fsp3) is 1.00. The molecule has 2 saturated heterocycles. The summed E-state index contributed by atoms with van der Waals surface area (Å²) in [7, 11) is 4.49. The molecule has 2 rings (SSSR count). The fourth-order valence-corrected chi connectivity index (χ4v) is 3.76. The molecule has 2 fully saturated rings. The summed E-state index contributed by atoms with van der Waals surface area (Å²) in [4.78, 5) is 7.64. The number of hydrogen-bond donors (Lipinski definition) is 1. The summed E-state index contributed by atoms with van der Waals surface area (Å²) >= 11 is 0. The lowest BCUT2D eigenvalue weighted by Crippen LogP contribution is -2.44. The lowest BCUT2D eigenvalue weighted by molar-refractivity contribution is 0.115. The Balaban J connectivity index is 1.61. The Kier molecular flexibility index (Phi) is 6.75. The highest BCUT2D eigenvalue weighted by atomic mass is 16.3. The Morgan fingerprint density at radius 2 is 1.90 bits per heavy atom. The molecule has 118 valence electrons. The average molecular weight is 283 g/mol. The van der Waals surface area contributed by atoms with Crippen molar-refractivity contribution in [3.8, 4) is 0 Å². The number of hydrogen-bond acceptors (Lipinski definition) is 4. The molecule has 1 unspecified atom stereocenters. The molecule has 0 spiro atoms. The van der Waals surface area contributed by atoms with Crippen molar-refractivity contribution in [2.24, 2.45) is 0 Å². The van der Waals surface area contributed by atoms with E-state index in [2.05, 4.69) is 28.8 Å². The zero-order chi connectivity index (χ0) is 14.4. The SMILES string of the molecule is CN1CCCC1CCN1CCC(N(C)CCCO)CC1. The lowest BCUT2D eigenvalue weighted by Gasteiger charge is -2.37. The van der Waals surface area contributed by atoms with Gasteiger partial charge >= 0.3 is 0 Å². The highest BCUT2D eigenvalue weighted by molar-refractivity contribution is 4.81. The molecule has 0 saturated carbocycles. The second kappa shape index (κ2) is 8.32. The van der Waals surface area contributed by atoms with Gasteiger partial charge in [0, 0.05) is 25.2 Å². The first-order valence-electron chi connectivity index (χ1n) is 8.44. The molecule has 0 aromatic carbocycles. The smallest absolute Gasteiger partial charge is 0.0443 e. The van der Waals surface area contributed by atoms with E-state index in [-0.39, 0.29) is 0 Å². The van der Waals surface area contributed by atoms with Crippen LogP contribution in [-0.4, -0.2) is 85.3 Å². The van der Waals surface area contributed by atoms with E-state index in [0.717, 1.165) is 25.0 Å². The van der Waals surface area contributed by atoms with Gasteiger partial charge < -0.3 is 19.8 Å². The predicted molar refractivity (Wildman–Crippen MR) is 84.1 cm³/mol. The van der Waals surface area contributed by atoms with E-state index >= 15 is 0 Å². The molecular weight excluding hydrogens is 250 g/mol. The molecule has 4 nitrogen and oxygen atoms in total. The first-order chi connectivity index (χ1) is 9.70. The molecule has 2 aliphatic rings. The summed E-state index contributed by atoms with van der Waals surface area (Å²) in [5.74, 6) is 0. The van der Waals surface area contributed by atoms with Crippen LogP contribution in [0, 0.1) is 0 Å². The van der Waals surface area contributed by atoms with Gasteiger partial charge in [0.2, 0.25) is 0 Å². The highest BCUT2D eigenvalue weighted by Crippen LogP contribution is 2.20. The van der Waals surface area contributed by atoms with Crippen LogP contribution < -0.4 is 0 Å². The third-order valence-electron chi connectivity index (χ3n) is 5.30. The van der Waals surface area contributed by atoms with Crippen LogP contribution in [0.1, 0.15) is 38.5 Å². The number of piperidine rings is 1. The Morgan fingerprint density at radius 3 is 2.50 bits per heavy atom. The summed E-state index contributed by atoms with van der Waals surface area (Å²) < 4.78 is 0. The topological polar surface area (TPSA) is 30.0 Å². The zero-order valence-electron chi connectivity index (χ0n) is 13.4. The number of likely N-dealkylation sites (tertiary alicyclic amines) is 2. The Labute approximate surface area is 124 Å². The van der Waals surface area contributed by atoms with Gasteiger partial charge in [-0.1, -0.05) is 0 Å². The third kappa shape index (κ3) is 4.69. The van der Waals surface area contributed by atoms with Crippen molar-refractivity contribution in [2.45, 2.75) is 50.6 Å². The van der Waals surface area contributed by atoms with Gasteiger partial charge in [-0.15, -0.1) is 0 Å². The minimum absolute atomic E-state index is 0.318. The van der Waals surface area contributed by atoms with Crippen molar-refractivity contribution in [2.75, 3.05) is 53.4 Å². The zero-order valence-corrected chi connectivity index (χ0v) is 13.4. The second-order valence-electron chi connectivity index (χ2n) is 6.70. The van der Waals surface area contributed by atoms with Crippen LogP contribution in [0.4, 0.5) is 0 Å². The number of rotatable bonds is 7. The van der Waals surface area contributed by atoms with Crippen LogP contribution in [0.5, 0.6) is 0 Å². The van der Waals surface area contributed by atoms with E-state index in [1.54, 1.807) is 0 Å². The summed E-state index contributed by atoms with van der Waals surface area (Å²) in [5.41, 5.74) is 0. The third-order valence-corrected chi connectivity index (χ3v) is 5.30. The van der Waals surface area contributed by atoms with E-state index in [1.165, 1.54) is 58.3 Å². The van der Waals surface area contributed by atoms with Crippen LogP contribution in [0.3, 0.4) is 0 Å². The molecule has 0 aromatic rings. The van der Waals surface area contributed by atoms with Crippen molar-refractivity contribution in [1.29, 1.82) is 0 Å². The van der Waals surface area contributed by atoms with Gasteiger partial charge in [0.05, 0.1) is 0 Å². The van der Waals surface area contributed by atoms with Gasteiger partial charge in [0.1, 0.15) is 0 Å². The Morgan fingerprint density at radius 1 is 1.15 bits per heavy atom. The number of nitrogens with zero attached hydrogens (tertiary/aromatic N) is 3. The van der Waals surface area contributed by atoms with Gasteiger partial charge in [-0.25, -0.2) is 0 Å². The minimum atomic E-state index is 0.318. The average Bonchev–Trinajstić information content (AvgIpc) is 2.88. The molecule has 1 atom stereocenters. The van der Waals surface area contributed by atoms with Gasteiger partial charge in [0.15, 0.2) is 0 Å². The second-order valence-corrected chi connectivity index (χ2v) is 6.70. The summed E-state index contributed by atoms with van der Waals surface area (Å²) in [6.45, 7) is 6.44. The first-order valence-corrected chi connectivity index (χ1v) is 8.44. The van der Waals surface area contributed by atoms with Crippen molar-refractivity contribution < 1.29 is 5.11 Å². The van der Waals surface area contributed by atoms with E-state index < -0.39 is 0 Å². The maximum Gasteiger partial charge on any atom is 0.0443 e. The largest absolute Gasteiger partial charge is 0.396 e. The maximum absolute atomic E-state index is 8.91. The molecule has 0 aromatic heterocycles. The molecular formula is C16H33N3O. The van der Waals surface area contributed by atoms with Crippen LogP contribution in [0.25, 0.3) is 0 Å².